The number of rotatable bonds is 7. The zero-order valence-electron chi connectivity index (χ0n) is 17.8. The summed E-state index contributed by atoms with van der Waals surface area (Å²) in [6, 6.07) is 26.8. The monoisotopic (exact) mass is 395 g/mol. The normalized spacial score (nSPS) is 12.2. The number of aromatic nitrogens is 1. The molecule has 152 valence electrons. The van der Waals surface area contributed by atoms with Crippen molar-refractivity contribution in [3.05, 3.63) is 95.7 Å². The number of benzene rings is 3. The SMILES string of the molecule is CCCc1c(-c2ccccc2)nc(C(CCC)c2ccccc2O)c2ccccc12. The summed E-state index contributed by atoms with van der Waals surface area (Å²) in [6.07, 6.45) is 4.03. The van der Waals surface area contributed by atoms with E-state index in [2.05, 4.69) is 62.4 Å². The van der Waals surface area contributed by atoms with E-state index in [9.17, 15) is 5.11 Å². The van der Waals surface area contributed by atoms with E-state index in [0.29, 0.717) is 5.75 Å². The first-order valence-electron chi connectivity index (χ1n) is 11.0. The third kappa shape index (κ3) is 3.82. The first-order valence-corrected chi connectivity index (χ1v) is 11.0. The molecule has 0 fully saturated rings. The third-order valence-corrected chi connectivity index (χ3v) is 5.81. The van der Waals surface area contributed by atoms with Crippen LogP contribution in [-0.4, -0.2) is 10.1 Å². The Morgan fingerprint density at radius 1 is 0.767 bits per heavy atom. The minimum Gasteiger partial charge on any atom is -0.508 e. The van der Waals surface area contributed by atoms with Gasteiger partial charge in [0.05, 0.1) is 11.4 Å². The summed E-state index contributed by atoms with van der Waals surface area (Å²) in [7, 11) is 0. The molecule has 4 rings (SSSR count). The van der Waals surface area contributed by atoms with Gasteiger partial charge < -0.3 is 5.11 Å². The van der Waals surface area contributed by atoms with Gasteiger partial charge in [-0.2, -0.15) is 0 Å². The number of pyridine rings is 1. The molecule has 0 radical (unpaired) electrons. The molecular formula is C28H29NO. The number of hydrogen-bond donors (Lipinski definition) is 1. The van der Waals surface area contributed by atoms with Crippen molar-refractivity contribution in [2.24, 2.45) is 0 Å². The van der Waals surface area contributed by atoms with E-state index < -0.39 is 0 Å². The smallest absolute Gasteiger partial charge is 0.119 e. The maximum Gasteiger partial charge on any atom is 0.119 e. The summed E-state index contributed by atoms with van der Waals surface area (Å²) in [5.74, 6) is 0.403. The average molecular weight is 396 g/mol. The number of phenols is 1. The highest BCUT2D eigenvalue weighted by atomic mass is 16.3. The standard InChI is InChI=1S/C28H29NO/c1-3-12-23-21-16-8-9-18-25(21)28(29-27(23)20-14-6-5-7-15-20)24(13-4-2)22-17-10-11-19-26(22)30/h5-11,14-19,24,30H,3-4,12-13H2,1-2H3. The zero-order chi connectivity index (χ0) is 20.9. The highest BCUT2D eigenvalue weighted by molar-refractivity contribution is 5.92. The fourth-order valence-corrected chi connectivity index (χ4v) is 4.46. The quantitative estimate of drug-likeness (QED) is 0.351. The number of phenolic OH excluding ortho intramolecular Hbond substituents is 1. The molecule has 30 heavy (non-hydrogen) atoms. The molecule has 2 heteroatoms. The molecule has 0 amide bonds. The lowest BCUT2D eigenvalue weighted by Crippen LogP contribution is -2.08. The van der Waals surface area contributed by atoms with E-state index in [4.69, 9.17) is 4.98 Å². The van der Waals surface area contributed by atoms with Gasteiger partial charge in [-0.3, -0.25) is 4.98 Å². The second kappa shape index (κ2) is 9.13. The van der Waals surface area contributed by atoms with Crippen LogP contribution in [0.15, 0.2) is 78.9 Å². The van der Waals surface area contributed by atoms with Gasteiger partial charge in [-0.15, -0.1) is 0 Å². The van der Waals surface area contributed by atoms with Gasteiger partial charge in [-0.25, -0.2) is 0 Å². The van der Waals surface area contributed by atoms with E-state index >= 15 is 0 Å². The number of nitrogens with zero attached hydrogens (tertiary/aromatic N) is 1. The molecule has 3 aromatic carbocycles. The van der Waals surface area contributed by atoms with Crippen molar-refractivity contribution >= 4 is 10.8 Å². The van der Waals surface area contributed by atoms with Crippen LogP contribution in [0.1, 0.15) is 55.8 Å². The molecule has 1 unspecified atom stereocenters. The largest absolute Gasteiger partial charge is 0.508 e. The number of para-hydroxylation sites is 1. The Kier molecular flexibility index (Phi) is 6.13. The van der Waals surface area contributed by atoms with Crippen molar-refractivity contribution in [3.63, 3.8) is 0 Å². The Morgan fingerprint density at radius 2 is 1.43 bits per heavy atom. The minimum atomic E-state index is 0.0549. The maximum atomic E-state index is 10.6. The number of aryl methyl sites for hydroxylation is 1. The van der Waals surface area contributed by atoms with Crippen LogP contribution < -0.4 is 0 Å². The highest BCUT2D eigenvalue weighted by Gasteiger charge is 2.23. The zero-order valence-corrected chi connectivity index (χ0v) is 17.8. The van der Waals surface area contributed by atoms with Crippen LogP contribution in [0.25, 0.3) is 22.0 Å². The lowest BCUT2D eigenvalue weighted by atomic mass is 9.85. The van der Waals surface area contributed by atoms with E-state index in [-0.39, 0.29) is 5.92 Å². The minimum absolute atomic E-state index is 0.0549. The molecule has 1 N–H and O–H groups in total. The molecule has 0 aliphatic carbocycles. The Morgan fingerprint density at radius 3 is 2.13 bits per heavy atom. The summed E-state index contributed by atoms with van der Waals surface area (Å²) in [5, 5.41) is 13.1. The highest BCUT2D eigenvalue weighted by Crippen LogP contribution is 2.40. The lowest BCUT2D eigenvalue weighted by molar-refractivity contribution is 0.462. The summed E-state index contributed by atoms with van der Waals surface area (Å²) in [5.41, 5.74) is 5.56. The summed E-state index contributed by atoms with van der Waals surface area (Å²) < 4.78 is 0. The first kappa shape index (κ1) is 20.2. The Labute approximate surface area is 179 Å². The number of fused-ring (bicyclic) bond motifs is 1. The second-order valence-electron chi connectivity index (χ2n) is 7.89. The van der Waals surface area contributed by atoms with Gasteiger partial charge in [-0.1, -0.05) is 99.5 Å². The lowest BCUT2D eigenvalue weighted by Gasteiger charge is -2.23. The molecule has 1 aromatic heterocycles. The molecule has 0 saturated carbocycles. The van der Waals surface area contributed by atoms with Crippen LogP contribution in [0, 0.1) is 0 Å². The van der Waals surface area contributed by atoms with Crippen LogP contribution in [0.2, 0.25) is 0 Å². The summed E-state index contributed by atoms with van der Waals surface area (Å²) in [4.78, 5) is 5.32. The van der Waals surface area contributed by atoms with Crippen molar-refractivity contribution in [1.29, 1.82) is 0 Å². The third-order valence-electron chi connectivity index (χ3n) is 5.81. The molecule has 2 nitrogen and oxygen atoms in total. The van der Waals surface area contributed by atoms with Crippen molar-refractivity contribution < 1.29 is 5.11 Å². The Bertz CT molecular complexity index is 1130. The van der Waals surface area contributed by atoms with Crippen molar-refractivity contribution in [1.82, 2.24) is 4.98 Å². The van der Waals surface area contributed by atoms with Gasteiger partial charge >= 0.3 is 0 Å². The van der Waals surface area contributed by atoms with Gasteiger partial charge in [0.2, 0.25) is 0 Å². The van der Waals surface area contributed by atoms with E-state index in [1.807, 2.05) is 24.3 Å². The maximum absolute atomic E-state index is 10.6. The van der Waals surface area contributed by atoms with Crippen molar-refractivity contribution in [3.8, 4) is 17.0 Å². The molecule has 0 aliphatic heterocycles. The van der Waals surface area contributed by atoms with Crippen LogP contribution in [0.5, 0.6) is 5.75 Å². The molecule has 1 heterocycles. The van der Waals surface area contributed by atoms with Crippen LogP contribution >= 0.6 is 0 Å². The predicted molar refractivity (Wildman–Crippen MR) is 126 cm³/mol. The van der Waals surface area contributed by atoms with E-state index in [1.54, 1.807) is 6.07 Å². The second-order valence-corrected chi connectivity index (χ2v) is 7.89. The molecule has 0 saturated heterocycles. The van der Waals surface area contributed by atoms with Crippen molar-refractivity contribution in [2.45, 2.75) is 45.4 Å². The van der Waals surface area contributed by atoms with Gasteiger partial charge in [-0.05, 0) is 29.9 Å². The molecule has 0 bridgehead atoms. The van der Waals surface area contributed by atoms with Crippen LogP contribution in [0.4, 0.5) is 0 Å². The summed E-state index contributed by atoms with van der Waals surface area (Å²) in [6.45, 7) is 4.41. The van der Waals surface area contributed by atoms with Gasteiger partial charge in [0.15, 0.2) is 0 Å². The molecule has 0 aliphatic rings. The summed E-state index contributed by atoms with van der Waals surface area (Å²) >= 11 is 0. The fraction of sp³-hybridized carbons (Fsp3) is 0.250. The van der Waals surface area contributed by atoms with E-state index in [1.165, 1.54) is 16.3 Å². The Balaban J connectivity index is 2.04. The molecule has 1 atom stereocenters. The van der Waals surface area contributed by atoms with Crippen molar-refractivity contribution in [2.75, 3.05) is 0 Å². The average Bonchev–Trinajstić information content (AvgIpc) is 2.79. The molecule has 0 spiro atoms. The number of hydrogen-bond acceptors (Lipinski definition) is 2. The topological polar surface area (TPSA) is 33.1 Å². The van der Waals surface area contributed by atoms with E-state index in [0.717, 1.165) is 48.2 Å². The predicted octanol–water partition coefficient (Wildman–Crippen LogP) is 7.49. The van der Waals surface area contributed by atoms with Crippen LogP contribution in [0.3, 0.4) is 0 Å². The van der Waals surface area contributed by atoms with Crippen LogP contribution in [-0.2, 0) is 6.42 Å². The van der Waals surface area contributed by atoms with Gasteiger partial charge in [0, 0.05) is 22.4 Å². The fourth-order valence-electron chi connectivity index (χ4n) is 4.46. The Hall–Kier alpha value is -3.13. The van der Waals surface area contributed by atoms with Gasteiger partial charge in [0.25, 0.3) is 0 Å². The first-order chi connectivity index (χ1) is 14.7. The van der Waals surface area contributed by atoms with Gasteiger partial charge in [0.1, 0.15) is 5.75 Å². The molecular weight excluding hydrogens is 366 g/mol. The number of aromatic hydroxyl groups is 1. The molecule has 4 aromatic rings.